The van der Waals surface area contributed by atoms with E-state index in [9.17, 15) is 4.79 Å². The van der Waals surface area contributed by atoms with Crippen LogP contribution < -0.4 is 15.5 Å². The average molecular weight is 382 g/mol. The quantitative estimate of drug-likeness (QED) is 0.736. The topological polar surface area (TPSA) is 70.2 Å². The molecule has 3 rings (SSSR count). The van der Waals surface area contributed by atoms with E-state index in [4.69, 9.17) is 0 Å². The summed E-state index contributed by atoms with van der Waals surface area (Å²) in [5.41, 5.74) is 3.40. The predicted octanol–water partition coefficient (Wildman–Crippen LogP) is 4.55. The van der Waals surface area contributed by atoms with Crippen LogP contribution in [0, 0.1) is 13.8 Å². The highest BCUT2D eigenvalue weighted by molar-refractivity contribution is 6.03. The Hall–Kier alpha value is -2.63. The van der Waals surface area contributed by atoms with E-state index in [-0.39, 0.29) is 5.91 Å². The minimum Gasteiger partial charge on any atom is -0.372 e. The van der Waals surface area contributed by atoms with Crippen molar-refractivity contribution < 1.29 is 4.79 Å². The fourth-order valence-corrected chi connectivity index (χ4v) is 3.80. The molecule has 1 fully saturated rings. The van der Waals surface area contributed by atoms with Crippen molar-refractivity contribution in [3.8, 4) is 0 Å². The molecule has 150 valence electrons. The molecular formula is C22H31N5O. The van der Waals surface area contributed by atoms with Crippen LogP contribution in [0.2, 0.25) is 0 Å². The van der Waals surface area contributed by atoms with Gasteiger partial charge in [0.25, 0.3) is 5.91 Å². The molecule has 0 spiro atoms. The SMILES string of the molecule is CCN(CC)c1ccc(NC(=O)c2cc(NC3CCCC3)nc(C)n2)c(C)c1. The number of aryl methyl sites for hydroxylation is 2. The second-order valence-corrected chi connectivity index (χ2v) is 7.44. The number of rotatable bonds is 7. The number of hydrogen-bond acceptors (Lipinski definition) is 5. The second-order valence-electron chi connectivity index (χ2n) is 7.44. The van der Waals surface area contributed by atoms with Gasteiger partial charge in [-0.25, -0.2) is 9.97 Å². The molecule has 0 radical (unpaired) electrons. The lowest BCUT2D eigenvalue weighted by atomic mass is 10.1. The first-order valence-electron chi connectivity index (χ1n) is 10.3. The third-order valence-corrected chi connectivity index (χ3v) is 5.36. The van der Waals surface area contributed by atoms with Crippen LogP contribution in [0.1, 0.15) is 61.4 Å². The van der Waals surface area contributed by atoms with Crippen molar-refractivity contribution in [3.05, 3.63) is 41.3 Å². The zero-order valence-electron chi connectivity index (χ0n) is 17.4. The first-order valence-corrected chi connectivity index (χ1v) is 10.3. The van der Waals surface area contributed by atoms with Crippen molar-refractivity contribution >= 4 is 23.1 Å². The van der Waals surface area contributed by atoms with Gasteiger partial charge in [0, 0.05) is 36.6 Å². The Kier molecular flexibility index (Phi) is 6.49. The maximum absolute atomic E-state index is 12.8. The van der Waals surface area contributed by atoms with Gasteiger partial charge in [-0.2, -0.15) is 0 Å². The normalized spacial score (nSPS) is 14.1. The van der Waals surface area contributed by atoms with Crippen LogP contribution in [-0.2, 0) is 0 Å². The van der Waals surface area contributed by atoms with Crippen molar-refractivity contribution in [2.45, 2.75) is 59.4 Å². The van der Waals surface area contributed by atoms with E-state index in [1.165, 1.54) is 18.5 Å². The number of nitrogens with one attached hydrogen (secondary N) is 2. The van der Waals surface area contributed by atoms with Crippen LogP contribution >= 0.6 is 0 Å². The van der Waals surface area contributed by atoms with Crippen LogP contribution in [0.5, 0.6) is 0 Å². The monoisotopic (exact) mass is 381 g/mol. The molecule has 0 atom stereocenters. The van der Waals surface area contributed by atoms with Gasteiger partial charge in [-0.05, 0) is 64.3 Å². The zero-order valence-corrected chi connectivity index (χ0v) is 17.4. The Bertz CT molecular complexity index is 826. The van der Waals surface area contributed by atoms with Gasteiger partial charge in [-0.15, -0.1) is 0 Å². The number of aromatic nitrogens is 2. The fourth-order valence-electron chi connectivity index (χ4n) is 3.80. The molecule has 2 aromatic rings. The minimum atomic E-state index is -0.210. The number of benzene rings is 1. The number of anilines is 3. The Balaban J connectivity index is 1.74. The molecular weight excluding hydrogens is 350 g/mol. The summed E-state index contributed by atoms with van der Waals surface area (Å²) in [6, 6.07) is 8.32. The molecule has 1 aliphatic rings. The number of nitrogens with zero attached hydrogens (tertiary/aromatic N) is 3. The molecule has 6 heteroatoms. The van der Waals surface area contributed by atoms with Crippen LogP contribution in [0.3, 0.4) is 0 Å². The van der Waals surface area contributed by atoms with E-state index in [1.54, 1.807) is 6.07 Å². The molecule has 6 nitrogen and oxygen atoms in total. The van der Waals surface area contributed by atoms with E-state index >= 15 is 0 Å². The lowest BCUT2D eigenvalue weighted by Gasteiger charge is -2.22. The molecule has 1 heterocycles. The lowest BCUT2D eigenvalue weighted by molar-refractivity contribution is 0.102. The van der Waals surface area contributed by atoms with Gasteiger partial charge in [-0.3, -0.25) is 4.79 Å². The van der Waals surface area contributed by atoms with E-state index in [0.717, 1.165) is 43.0 Å². The van der Waals surface area contributed by atoms with Gasteiger partial charge >= 0.3 is 0 Å². The van der Waals surface area contributed by atoms with E-state index in [1.807, 2.05) is 26.0 Å². The average Bonchev–Trinajstić information content (AvgIpc) is 3.17. The predicted molar refractivity (Wildman–Crippen MR) is 115 cm³/mol. The number of amides is 1. The lowest BCUT2D eigenvalue weighted by Crippen LogP contribution is -2.22. The first kappa shape index (κ1) is 20.1. The standard InChI is InChI=1S/C22H31N5O/c1-5-27(6-2)18-11-12-19(15(3)13-18)26-22(28)20-14-21(24-16(4)23-20)25-17-9-7-8-10-17/h11-14,17H,5-10H2,1-4H3,(H,26,28)(H,23,24,25). The van der Waals surface area contributed by atoms with Crippen molar-refractivity contribution in [2.75, 3.05) is 28.6 Å². The minimum absolute atomic E-state index is 0.210. The molecule has 0 saturated heterocycles. The van der Waals surface area contributed by atoms with Gasteiger partial charge in [0.05, 0.1) is 0 Å². The Labute approximate surface area is 167 Å². The molecule has 28 heavy (non-hydrogen) atoms. The van der Waals surface area contributed by atoms with Crippen molar-refractivity contribution in [1.29, 1.82) is 0 Å². The molecule has 0 unspecified atom stereocenters. The third kappa shape index (κ3) is 4.80. The summed E-state index contributed by atoms with van der Waals surface area (Å²) in [4.78, 5) is 23.9. The van der Waals surface area contributed by atoms with Gasteiger partial charge in [0.1, 0.15) is 17.3 Å². The summed E-state index contributed by atoms with van der Waals surface area (Å²) in [5, 5.41) is 6.45. The Morgan fingerprint density at radius 3 is 2.46 bits per heavy atom. The molecule has 0 aliphatic heterocycles. The van der Waals surface area contributed by atoms with Gasteiger partial charge in [0.15, 0.2) is 0 Å². The first-order chi connectivity index (χ1) is 13.5. The van der Waals surface area contributed by atoms with Crippen LogP contribution in [0.25, 0.3) is 0 Å². The molecule has 1 aliphatic carbocycles. The fraction of sp³-hybridized carbons (Fsp3) is 0.500. The maximum atomic E-state index is 12.8. The highest BCUT2D eigenvalue weighted by Crippen LogP contribution is 2.24. The van der Waals surface area contributed by atoms with Crippen LogP contribution in [0.15, 0.2) is 24.3 Å². The molecule has 1 aromatic heterocycles. The maximum Gasteiger partial charge on any atom is 0.274 e. The highest BCUT2D eigenvalue weighted by atomic mass is 16.1. The van der Waals surface area contributed by atoms with E-state index < -0.39 is 0 Å². The Morgan fingerprint density at radius 1 is 1.11 bits per heavy atom. The molecule has 0 bridgehead atoms. The van der Waals surface area contributed by atoms with Crippen molar-refractivity contribution in [2.24, 2.45) is 0 Å². The van der Waals surface area contributed by atoms with E-state index in [0.29, 0.717) is 17.6 Å². The summed E-state index contributed by atoms with van der Waals surface area (Å²) in [7, 11) is 0. The van der Waals surface area contributed by atoms with Crippen LogP contribution in [-0.4, -0.2) is 35.0 Å². The number of hydrogen-bond donors (Lipinski definition) is 2. The summed E-state index contributed by atoms with van der Waals surface area (Å²) >= 11 is 0. The number of carbonyl (C=O) groups excluding carboxylic acids is 1. The Morgan fingerprint density at radius 2 is 1.82 bits per heavy atom. The van der Waals surface area contributed by atoms with Crippen LogP contribution in [0.4, 0.5) is 17.2 Å². The highest BCUT2D eigenvalue weighted by Gasteiger charge is 2.17. The third-order valence-electron chi connectivity index (χ3n) is 5.36. The molecule has 1 amide bonds. The molecule has 2 N–H and O–H groups in total. The van der Waals surface area contributed by atoms with E-state index in [2.05, 4.69) is 45.4 Å². The second kappa shape index (κ2) is 9.04. The van der Waals surface area contributed by atoms with Gasteiger partial charge < -0.3 is 15.5 Å². The van der Waals surface area contributed by atoms with Crippen molar-refractivity contribution in [3.63, 3.8) is 0 Å². The van der Waals surface area contributed by atoms with Crippen molar-refractivity contribution in [1.82, 2.24) is 9.97 Å². The summed E-state index contributed by atoms with van der Waals surface area (Å²) in [6.07, 6.45) is 4.81. The summed E-state index contributed by atoms with van der Waals surface area (Å²) in [5.74, 6) is 1.12. The molecule has 1 saturated carbocycles. The van der Waals surface area contributed by atoms with Gasteiger partial charge in [-0.1, -0.05) is 12.8 Å². The molecule has 1 aromatic carbocycles. The summed E-state index contributed by atoms with van der Waals surface area (Å²) in [6.45, 7) is 10.0. The summed E-state index contributed by atoms with van der Waals surface area (Å²) < 4.78 is 0. The largest absolute Gasteiger partial charge is 0.372 e. The zero-order chi connectivity index (χ0) is 20.1. The smallest absolute Gasteiger partial charge is 0.274 e. The van der Waals surface area contributed by atoms with Gasteiger partial charge in [0.2, 0.25) is 0 Å². The number of carbonyl (C=O) groups is 1.